The lowest BCUT2D eigenvalue weighted by Crippen LogP contribution is -2.46. The molecule has 0 radical (unpaired) electrons. The first kappa shape index (κ1) is 15.9. The number of methoxy groups -OCH3 is 1. The van der Waals surface area contributed by atoms with Gasteiger partial charge in [-0.15, -0.1) is 0 Å². The van der Waals surface area contributed by atoms with Crippen molar-refractivity contribution in [2.45, 2.75) is 25.8 Å². The number of hydrogen-bond acceptors (Lipinski definition) is 6. The molecule has 0 aliphatic rings. The van der Waals surface area contributed by atoms with Crippen LogP contribution >= 0.6 is 0 Å². The molecule has 0 saturated heterocycles. The molecule has 18 heavy (non-hydrogen) atoms. The van der Waals surface area contributed by atoms with E-state index >= 15 is 0 Å². The summed E-state index contributed by atoms with van der Waals surface area (Å²) in [5, 5.41) is 2.25. The molecule has 0 aromatic heterocycles. The molecule has 0 saturated carbocycles. The van der Waals surface area contributed by atoms with Crippen molar-refractivity contribution >= 4 is 23.8 Å². The van der Waals surface area contributed by atoms with E-state index in [1.807, 2.05) is 0 Å². The molecule has 0 heterocycles. The largest absolute Gasteiger partial charge is 0.469 e. The summed E-state index contributed by atoms with van der Waals surface area (Å²) in [7, 11) is 1.21. The molecule has 8 nitrogen and oxygen atoms in total. The highest BCUT2D eigenvalue weighted by Crippen LogP contribution is 1.98. The molecule has 0 aromatic carbocycles. The molecule has 102 valence electrons. The van der Waals surface area contributed by atoms with E-state index in [9.17, 15) is 19.2 Å². The van der Waals surface area contributed by atoms with Crippen LogP contribution < -0.4 is 11.1 Å². The van der Waals surface area contributed by atoms with Crippen LogP contribution in [0.3, 0.4) is 0 Å². The Labute approximate surface area is 104 Å². The maximum absolute atomic E-state index is 11.3. The predicted octanol–water partition coefficient (Wildman–Crippen LogP) is -1.53. The Morgan fingerprint density at radius 1 is 1.28 bits per heavy atom. The van der Waals surface area contributed by atoms with Gasteiger partial charge in [0.15, 0.2) is 6.61 Å². The Balaban J connectivity index is 4.18. The third-order valence-corrected chi connectivity index (χ3v) is 1.95. The topological polar surface area (TPSA) is 125 Å². The van der Waals surface area contributed by atoms with Gasteiger partial charge in [-0.2, -0.15) is 0 Å². The van der Waals surface area contributed by atoms with Gasteiger partial charge in [-0.3, -0.25) is 19.2 Å². The smallest absolute Gasteiger partial charge is 0.305 e. The van der Waals surface area contributed by atoms with Crippen molar-refractivity contribution in [1.29, 1.82) is 0 Å². The zero-order valence-electron chi connectivity index (χ0n) is 10.2. The highest BCUT2D eigenvalue weighted by molar-refractivity contribution is 5.88. The third kappa shape index (κ3) is 7.20. The maximum Gasteiger partial charge on any atom is 0.305 e. The SMILES string of the molecule is COC(=O)CC[C@H](NC(=O)COC(C)=O)C(N)=O. The number of nitrogens with two attached hydrogens (primary N) is 1. The predicted molar refractivity (Wildman–Crippen MR) is 59.0 cm³/mol. The molecule has 2 amide bonds. The van der Waals surface area contributed by atoms with E-state index < -0.39 is 36.4 Å². The second-order valence-electron chi connectivity index (χ2n) is 3.42. The van der Waals surface area contributed by atoms with Crippen molar-refractivity contribution in [2.24, 2.45) is 5.73 Å². The van der Waals surface area contributed by atoms with Crippen molar-refractivity contribution in [1.82, 2.24) is 5.32 Å². The van der Waals surface area contributed by atoms with Gasteiger partial charge < -0.3 is 20.5 Å². The van der Waals surface area contributed by atoms with Crippen LogP contribution in [0.15, 0.2) is 0 Å². The number of rotatable bonds is 7. The summed E-state index contributed by atoms with van der Waals surface area (Å²) in [6.07, 6.45) is -0.0359. The minimum absolute atomic E-state index is 0.0216. The van der Waals surface area contributed by atoms with Crippen LogP contribution in [-0.2, 0) is 28.7 Å². The molecule has 0 fully saturated rings. The van der Waals surface area contributed by atoms with E-state index in [-0.39, 0.29) is 12.8 Å². The van der Waals surface area contributed by atoms with Crippen LogP contribution in [0, 0.1) is 0 Å². The molecule has 0 rings (SSSR count). The first-order valence-corrected chi connectivity index (χ1v) is 5.15. The van der Waals surface area contributed by atoms with Crippen molar-refractivity contribution in [2.75, 3.05) is 13.7 Å². The number of primary amides is 1. The van der Waals surface area contributed by atoms with Gasteiger partial charge in [-0.25, -0.2) is 0 Å². The summed E-state index contributed by atoms with van der Waals surface area (Å²) >= 11 is 0. The normalized spacial score (nSPS) is 11.2. The van der Waals surface area contributed by atoms with E-state index in [1.54, 1.807) is 0 Å². The van der Waals surface area contributed by atoms with E-state index in [2.05, 4.69) is 14.8 Å². The molecule has 0 unspecified atom stereocenters. The number of esters is 2. The molecule has 3 N–H and O–H groups in total. The average Bonchev–Trinajstić information content (AvgIpc) is 2.30. The van der Waals surface area contributed by atoms with Gasteiger partial charge in [-0.1, -0.05) is 0 Å². The van der Waals surface area contributed by atoms with Gasteiger partial charge in [0, 0.05) is 13.3 Å². The molecule has 8 heteroatoms. The van der Waals surface area contributed by atoms with E-state index in [1.165, 1.54) is 7.11 Å². The number of hydrogen-bond donors (Lipinski definition) is 2. The fraction of sp³-hybridized carbons (Fsp3) is 0.600. The Kier molecular flexibility index (Phi) is 7.10. The summed E-state index contributed by atoms with van der Waals surface area (Å²) in [4.78, 5) is 43.6. The molecule has 1 atom stereocenters. The summed E-state index contributed by atoms with van der Waals surface area (Å²) in [6, 6.07) is -1.01. The molecule has 0 aromatic rings. The van der Waals surface area contributed by atoms with Gasteiger partial charge in [0.25, 0.3) is 5.91 Å². The highest BCUT2D eigenvalue weighted by atomic mass is 16.5. The van der Waals surface area contributed by atoms with E-state index in [0.29, 0.717) is 0 Å². The number of nitrogens with one attached hydrogen (secondary N) is 1. The van der Waals surface area contributed by atoms with Crippen molar-refractivity contribution < 1.29 is 28.7 Å². The molecule has 0 bridgehead atoms. The fourth-order valence-corrected chi connectivity index (χ4v) is 1.05. The van der Waals surface area contributed by atoms with Gasteiger partial charge in [0.1, 0.15) is 6.04 Å². The number of ether oxygens (including phenoxy) is 2. The lowest BCUT2D eigenvalue weighted by molar-refractivity contribution is -0.146. The minimum Gasteiger partial charge on any atom is -0.469 e. The Morgan fingerprint density at radius 2 is 1.89 bits per heavy atom. The Morgan fingerprint density at radius 3 is 2.33 bits per heavy atom. The van der Waals surface area contributed by atoms with Crippen molar-refractivity contribution in [3.63, 3.8) is 0 Å². The fourth-order valence-electron chi connectivity index (χ4n) is 1.05. The maximum atomic E-state index is 11.3. The molecule has 0 spiro atoms. The summed E-state index contributed by atoms with van der Waals surface area (Å²) < 4.78 is 8.83. The zero-order valence-corrected chi connectivity index (χ0v) is 10.2. The van der Waals surface area contributed by atoms with Gasteiger partial charge >= 0.3 is 11.9 Å². The lowest BCUT2D eigenvalue weighted by atomic mass is 10.1. The Hall–Kier alpha value is -2.12. The highest BCUT2D eigenvalue weighted by Gasteiger charge is 2.19. The summed E-state index contributed by atoms with van der Waals surface area (Å²) in [5.41, 5.74) is 5.06. The molecular weight excluding hydrogens is 244 g/mol. The lowest BCUT2D eigenvalue weighted by Gasteiger charge is -2.14. The quantitative estimate of drug-likeness (QED) is 0.535. The van der Waals surface area contributed by atoms with E-state index in [0.717, 1.165) is 6.92 Å². The first-order valence-electron chi connectivity index (χ1n) is 5.15. The second-order valence-corrected chi connectivity index (χ2v) is 3.42. The Bertz CT molecular complexity index is 341. The van der Waals surface area contributed by atoms with Crippen molar-refractivity contribution in [3.05, 3.63) is 0 Å². The monoisotopic (exact) mass is 260 g/mol. The standard InChI is InChI=1S/C10H16N2O6/c1-6(13)18-5-8(14)12-7(10(11)16)3-4-9(15)17-2/h7H,3-5H2,1-2H3,(H2,11,16)(H,12,14)/t7-/m0/s1. The molecular formula is C10H16N2O6. The van der Waals surface area contributed by atoms with Crippen molar-refractivity contribution in [3.8, 4) is 0 Å². The van der Waals surface area contributed by atoms with Crippen LogP contribution in [0.2, 0.25) is 0 Å². The first-order chi connectivity index (χ1) is 8.36. The minimum atomic E-state index is -1.01. The van der Waals surface area contributed by atoms with Crippen LogP contribution in [0.1, 0.15) is 19.8 Å². The van der Waals surface area contributed by atoms with Gasteiger partial charge in [0.05, 0.1) is 7.11 Å². The summed E-state index contributed by atoms with van der Waals surface area (Å²) in [5.74, 6) is -2.58. The third-order valence-electron chi connectivity index (χ3n) is 1.95. The second kappa shape index (κ2) is 8.04. The van der Waals surface area contributed by atoms with Crippen LogP contribution in [0.25, 0.3) is 0 Å². The number of carbonyl (C=O) groups excluding carboxylic acids is 4. The number of amides is 2. The van der Waals surface area contributed by atoms with Gasteiger partial charge in [0.2, 0.25) is 5.91 Å². The van der Waals surface area contributed by atoms with Crippen LogP contribution in [0.5, 0.6) is 0 Å². The van der Waals surface area contributed by atoms with E-state index in [4.69, 9.17) is 5.73 Å². The average molecular weight is 260 g/mol. The molecule has 0 aliphatic heterocycles. The van der Waals surface area contributed by atoms with Crippen LogP contribution in [-0.4, -0.2) is 43.5 Å². The zero-order chi connectivity index (χ0) is 14.1. The number of carbonyl (C=O) groups is 4. The summed E-state index contributed by atoms with van der Waals surface area (Å²) in [6.45, 7) is 0.646. The van der Waals surface area contributed by atoms with Gasteiger partial charge in [-0.05, 0) is 6.42 Å². The molecule has 0 aliphatic carbocycles. The van der Waals surface area contributed by atoms with Crippen LogP contribution in [0.4, 0.5) is 0 Å².